The van der Waals surface area contributed by atoms with Gasteiger partial charge in [0, 0.05) is 19.5 Å². The predicted octanol–water partition coefficient (Wildman–Crippen LogP) is 2.46. The largest absolute Gasteiger partial charge is 0.302 e. The van der Waals surface area contributed by atoms with Gasteiger partial charge in [0.05, 0.1) is 34.8 Å². The van der Waals surface area contributed by atoms with E-state index in [1.54, 1.807) is 20.8 Å². The van der Waals surface area contributed by atoms with E-state index in [0.717, 1.165) is 0 Å². The molecule has 1 N–H and O–H groups in total. The van der Waals surface area contributed by atoms with E-state index in [-0.39, 0.29) is 29.4 Å². The van der Waals surface area contributed by atoms with E-state index >= 15 is 0 Å². The Morgan fingerprint density at radius 2 is 2.07 bits per heavy atom. The number of nitriles is 3. The summed E-state index contributed by atoms with van der Waals surface area (Å²) in [4.78, 5) is 20.8. The second kappa shape index (κ2) is 10.8. The van der Waals surface area contributed by atoms with Crippen molar-refractivity contribution in [3.63, 3.8) is 0 Å². The van der Waals surface area contributed by atoms with Crippen molar-refractivity contribution in [1.29, 1.82) is 21.2 Å². The van der Waals surface area contributed by atoms with Crippen LogP contribution in [-0.4, -0.2) is 48.9 Å². The lowest BCUT2D eigenvalue weighted by atomic mass is 9.92. The van der Waals surface area contributed by atoms with Crippen LogP contribution < -0.4 is 0 Å². The molecule has 0 aromatic rings. The number of hydrogen-bond acceptors (Lipinski definition) is 9. The van der Waals surface area contributed by atoms with Crippen LogP contribution in [0.2, 0.25) is 0 Å². The molecule has 0 aromatic heterocycles. The maximum absolute atomic E-state index is 9.34. The fourth-order valence-corrected chi connectivity index (χ4v) is 2.17. The van der Waals surface area contributed by atoms with Crippen molar-refractivity contribution < 1.29 is 0 Å². The van der Waals surface area contributed by atoms with Crippen molar-refractivity contribution in [2.75, 3.05) is 13.6 Å². The zero-order valence-electron chi connectivity index (χ0n) is 16.1. The Kier molecular flexibility index (Phi) is 8.53. The lowest BCUT2D eigenvalue weighted by molar-refractivity contribution is 1.21. The molecule has 0 amide bonds. The van der Waals surface area contributed by atoms with Crippen LogP contribution in [0.25, 0.3) is 0 Å². The first-order valence-electron chi connectivity index (χ1n) is 8.21. The minimum absolute atomic E-state index is 0.0128. The van der Waals surface area contributed by atoms with Gasteiger partial charge in [0.1, 0.15) is 30.1 Å². The first kappa shape index (κ1) is 22.0. The Bertz CT molecular complexity index is 980. The van der Waals surface area contributed by atoms with Crippen LogP contribution in [0.1, 0.15) is 20.8 Å². The van der Waals surface area contributed by atoms with Crippen molar-refractivity contribution in [2.24, 2.45) is 30.9 Å². The SMILES string of the molecule is C/C=C(\C#N)N=C(C=NC)C(=N)C1C=NC(C)=C(C#N)N=C1C(C)=NCC#N. The van der Waals surface area contributed by atoms with E-state index in [2.05, 4.69) is 25.0 Å². The van der Waals surface area contributed by atoms with Crippen LogP contribution in [0.15, 0.2) is 48.1 Å². The Hall–Kier alpha value is -4.03. The van der Waals surface area contributed by atoms with E-state index in [9.17, 15) is 5.26 Å². The highest BCUT2D eigenvalue weighted by Gasteiger charge is 2.27. The number of hydrogen-bond donors (Lipinski definition) is 1. The summed E-state index contributed by atoms with van der Waals surface area (Å²) in [5.74, 6) is -0.781. The van der Waals surface area contributed by atoms with Crippen LogP contribution in [0.5, 0.6) is 0 Å². The number of rotatable bonds is 6. The highest BCUT2D eigenvalue weighted by molar-refractivity contribution is 6.68. The summed E-state index contributed by atoms with van der Waals surface area (Å²) in [6.07, 6.45) is 4.37. The van der Waals surface area contributed by atoms with Crippen LogP contribution >= 0.6 is 0 Å². The van der Waals surface area contributed by atoms with Gasteiger partial charge < -0.3 is 5.41 Å². The van der Waals surface area contributed by atoms with Crippen molar-refractivity contribution in [1.82, 2.24) is 0 Å². The minimum Gasteiger partial charge on any atom is -0.302 e. The molecule has 1 rings (SSSR count). The molecule has 0 saturated heterocycles. The lowest BCUT2D eigenvalue weighted by Crippen LogP contribution is -2.35. The number of allylic oxidation sites excluding steroid dienone is 4. The van der Waals surface area contributed by atoms with Crippen molar-refractivity contribution in [2.45, 2.75) is 20.8 Å². The molecular formula is C19H19N9. The summed E-state index contributed by atoms with van der Waals surface area (Å²) in [5.41, 5.74) is 1.50. The molecule has 140 valence electrons. The Morgan fingerprint density at radius 1 is 1.36 bits per heavy atom. The van der Waals surface area contributed by atoms with E-state index in [1.807, 2.05) is 18.2 Å². The molecule has 0 spiro atoms. The van der Waals surface area contributed by atoms with E-state index in [4.69, 9.17) is 15.9 Å². The van der Waals surface area contributed by atoms with Gasteiger partial charge in [-0.05, 0) is 20.8 Å². The van der Waals surface area contributed by atoms with Crippen LogP contribution in [0, 0.1) is 45.3 Å². The third kappa shape index (κ3) is 5.48. The smallest absolute Gasteiger partial charge is 0.161 e. The maximum atomic E-state index is 9.34. The van der Waals surface area contributed by atoms with Gasteiger partial charge in [-0.25, -0.2) is 9.98 Å². The lowest BCUT2D eigenvalue weighted by Gasteiger charge is -2.15. The monoisotopic (exact) mass is 373 g/mol. The number of aliphatic imine (C=N–C) groups is 5. The third-order valence-electron chi connectivity index (χ3n) is 3.62. The summed E-state index contributed by atoms with van der Waals surface area (Å²) >= 11 is 0. The summed E-state index contributed by atoms with van der Waals surface area (Å²) in [6.45, 7) is 4.87. The molecule has 0 aromatic carbocycles. The molecule has 1 heterocycles. The van der Waals surface area contributed by atoms with Gasteiger partial charge in [0.2, 0.25) is 0 Å². The first-order chi connectivity index (χ1) is 13.4. The van der Waals surface area contributed by atoms with Gasteiger partial charge in [-0.3, -0.25) is 15.0 Å². The molecular weight excluding hydrogens is 354 g/mol. The second-order valence-corrected chi connectivity index (χ2v) is 5.44. The van der Waals surface area contributed by atoms with E-state index in [1.165, 1.54) is 25.6 Å². The summed E-state index contributed by atoms with van der Waals surface area (Å²) in [5, 5.41) is 35.9. The Balaban J connectivity index is 3.60. The topological polar surface area (TPSA) is 157 Å². The van der Waals surface area contributed by atoms with Crippen LogP contribution in [-0.2, 0) is 0 Å². The highest BCUT2D eigenvalue weighted by atomic mass is 14.9. The zero-order chi connectivity index (χ0) is 21.1. The highest BCUT2D eigenvalue weighted by Crippen LogP contribution is 2.16. The van der Waals surface area contributed by atoms with Crippen LogP contribution in [0.4, 0.5) is 0 Å². The summed E-state index contributed by atoms with van der Waals surface area (Å²) in [6, 6.07) is 5.83. The average molecular weight is 373 g/mol. The van der Waals surface area contributed by atoms with Gasteiger partial charge in [-0.2, -0.15) is 15.8 Å². The number of nitrogens with one attached hydrogen (secondary N) is 1. The third-order valence-corrected chi connectivity index (χ3v) is 3.62. The van der Waals surface area contributed by atoms with Gasteiger partial charge in [0.25, 0.3) is 0 Å². The molecule has 1 aliphatic heterocycles. The molecule has 0 saturated carbocycles. The fraction of sp³-hybridized carbons (Fsp3) is 0.316. The average Bonchev–Trinajstić information content (AvgIpc) is 2.87. The summed E-state index contributed by atoms with van der Waals surface area (Å²) in [7, 11) is 1.53. The van der Waals surface area contributed by atoms with E-state index in [0.29, 0.717) is 17.1 Å². The minimum atomic E-state index is -0.781. The second-order valence-electron chi connectivity index (χ2n) is 5.44. The maximum Gasteiger partial charge on any atom is 0.161 e. The first-order valence-corrected chi connectivity index (χ1v) is 8.21. The van der Waals surface area contributed by atoms with Crippen molar-refractivity contribution >= 4 is 35.3 Å². The summed E-state index contributed by atoms with van der Waals surface area (Å²) < 4.78 is 0. The molecule has 0 bridgehead atoms. The van der Waals surface area contributed by atoms with Crippen molar-refractivity contribution in [3.05, 3.63) is 23.2 Å². The van der Waals surface area contributed by atoms with E-state index < -0.39 is 5.92 Å². The number of nitrogens with zero attached hydrogens (tertiary/aromatic N) is 8. The molecule has 1 aliphatic rings. The van der Waals surface area contributed by atoms with Crippen molar-refractivity contribution in [3.8, 4) is 18.2 Å². The quantitative estimate of drug-likeness (QED) is 0.431. The Labute approximate surface area is 163 Å². The standard InChI is InChI=1S/C19H19N9/c1-5-14(8-21)27-17(11-24-4)18(23)15-10-26-12(2)16(9-22)28-19(15)13(3)25-7-6-20/h5,10-11,15,23H,7H2,1-4H3/b14-5+,23-18?,24-11?,25-13?,27-17?. The molecule has 1 unspecified atom stereocenters. The fourth-order valence-electron chi connectivity index (χ4n) is 2.17. The zero-order valence-corrected chi connectivity index (χ0v) is 16.1. The van der Waals surface area contributed by atoms with Gasteiger partial charge in [0.15, 0.2) is 5.70 Å². The van der Waals surface area contributed by atoms with Gasteiger partial charge >= 0.3 is 0 Å². The van der Waals surface area contributed by atoms with Gasteiger partial charge in [-0.15, -0.1) is 0 Å². The Morgan fingerprint density at radius 3 is 2.61 bits per heavy atom. The molecule has 1 atom stereocenters. The van der Waals surface area contributed by atoms with Crippen LogP contribution in [0.3, 0.4) is 0 Å². The molecule has 0 aliphatic carbocycles. The molecule has 0 radical (unpaired) electrons. The molecule has 0 fully saturated rings. The van der Waals surface area contributed by atoms with Gasteiger partial charge in [-0.1, -0.05) is 6.08 Å². The molecule has 9 nitrogen and oxygen atoms in total. The normalized spacial score (nSPS) is 18.2. The predicted molar refractivity (Wildman–Crippen MR) is 110 cm³/mol. The molecule has 9 heteroatoms. The molecule has 28 heavy (non-hydrogen) atoms.